The highest BCUT2D eigenvalue weighted by Gasteiger charge is 2.10. The number of ether oxygens (including phenoxy) is 1. The molecule has 0 saturated heterocycles. The molecule has 18 heavy (non-hydrogen) atoms. The third-order valence-electron chi connectivity index (χ3n) is 2.61. The number of hydrogen-bond donors (Lipinski definition) is 2. The number of benzene rings is 1. The zero-order valence-electron chi connectivity index (χ0n) is 10.1. The Bertz CT molecular complexity index is 393. The van der Waals surface area contributed by atoms with Crippen LogP contribution in [0.2, 0.25) is 0 Å². The van der Waals surface area contributed by atoms with Gasteiger partial charge in [0.15, 0.2) is 11.5 Å². The lowest BCUT2D eigenvalue weighted by molar-refractivity contribution is 0.143. The van der Waals surface area contributed by atoms with E-state index in [-0.39, 0.29) is 18.2 Å². The van der Waals surface area contributed by atoms with Crippen molar-refractivity contribution in [1.29, 1.82) is 0 Å². The molecule has 5 heteroatoms. The monoisotopic (exact) mass is 256 g/mol. The second-order valence-electron chi connectivity index (χ2n) is 3.99. The molecule has 1 aromatic rings. The summed E-state index contributed by atoms with van der Waals surface area (Å²) >= 11 is 0. The third kappa shape index (κ3) is 4.61. The predicted molar refractivity (Wildman–Crippen MR) is 64.9 cm³/mol. The summed E-state index contributed by atoms with van der Waals surface area (Å²) in [5, 5.41) is 18.3. The van der Waals surface area contributed by atoms with Gasteiger partial charge in [-0.15, -0.1) is 0 Å². The Morgan fingerprint density at radius 2 is 1.94 bits per heavy atom. The van der Waals surface area contributed by atoms with Crippen molar-refractivity contribution >= 4 is 6.16 Å². The molecule has 0 aliphatic heterocycles. The topological polar surface area (TPSA) is 66.8 Å². The van der Waals surface area contributed by atoms with E-state index in [1.165, 1.54) is 6.07 Å². The highest BCUT2D eigenvalue weighted by atomic mass is 19.1. The Kier molecular flexibility index (Phi) is 5.97. The number of hydrogen-bond acceptors (Lipinski definition) is 3. The summed E-state index contributed by atoms with van der Waals surface area (Å²) in [5.41, 5.74) is 0.647. The molecule has 100 valence electrons. The average Bonchev–Trinajstić information content (AvgIpc) is 2.33. The molecule has 0 unspecified atom stereocenters. The molecule has 0 saturated carbocycles. The lowest BCUT2D eigenvalue weighted by Crippen LogP contribution is -2.03. The van der Waals surface area contributed by atoms with Crippen LogP contribution in [0.25, 0.3) is 0 Å². The summed E-state index contributed by atoms with van der Waals surface area (Å²) in [6.45, 7) is -0.298. The number of phenols is 1. The largest absolute Gasteiger partial charge is 0.511 e. The van der Waals surface area contributed by atoms with Crippen LogP contribution in [-0.2, 0) is 6.42 Å². The maximum Gasteiger partial charge on any atom is 0.511 e. The fraction of sp³-hybridized carbons (Fsp3) is 0.462. The van der Waals surface area contributed by atoms with Crippen LogP contribution < -0.4 is 4.74 Å². The highest BCUT2D eigenvalue weighted by Crippen LogP contribution is 2.30. The van der Waals surface area contributed by atoms with Gasteiger partial charge < -0.3 is 14.9 Å². The van der Waals surface area contributed by atoms with Gasteiger partial charge >= 0.3 is 6.16 Å². The van der Waals surface area contributed by atoms with E-state index in [0.717, 1.165) is 19.3 Å². The minimum Gasteiger partial charge on any atom is -0.504 e. The van der Waals surface area contributed by atoms with Gasteiger partial charge in [-0.05, 0) is 30.9 Å². The van der Waals surface area contributed by atoms with E-state index in [0.29, 0.717) is 18.4 Å². The molecule has 4 nitrogen and oxygen atoms in total. The zero-order valence-corrected chi connectivity index (χ0v) is 10.1. The summed E-state index contributed by atoms with van der Waals surface area (Å²) in [7, 11) is 0. The maximum atomic E-state index is 11.9. The Morgan fingerprint density at radius 1 is 1.22 bits per heavy atom. The van der Waals surface area contributed by atoms with Crippen molar-refractivity contribution < 1.29 is 24.1 Å². The Labute approximate surface area is 105 Å². The lowest BCUT2D eigenvalue weighted by atomic mass is 10.0. The first kappa shape index (κ1) is 14.3. The standard InChI is InChI=1S/C13H17FO4/c14-9-4-2-1-3-6-10-7-5-8-11(12(10)15)18-13(16)17/h5,7-8,15H,1-4,6,9H2,(H,16,17). The quantitative estimate of drug-likeness (QED) is 0.445. The van der Waals surface area contributed by atoms with Gasteiger partial charge in [-0.25, -0.2) is 4.79 Å². The Hall–Kier alpha value is -1.78. The van der Waals surface area contributed by atoms with Gasteiger partial charge in [0.2, 0.25) is 0 Å². The Morgan fingerprint density at radius 3 is 2.61 bits per heavy atom. The molecule has 0 aromatic heterocycles. The van der Waals surface area contributed by atoms with Crippen molar-refractivity contribution in [3.05, 3.63) is 23.8 Å². The van der Waals surface area contributed by atoms with E-state index >= 15 is 0 Å². The van der Waals surface area contributed by atoms with Crippen LogP contribution in [0.5, 0.6) is 11.5 Å². The molecule has 2 N–H and O–H groups in total. The van der Waals surface area contributed by atoms with Crippen molar-refractivity contribution in [3.8, 4) is 11.5 Å². The lowest BCUT2D eigenvalue weighted by Gasteiger charge is -2.08. The number of carboxylic acid groups (broad SMARTS) is 1. The number of rotatable bonds is 7. The van der Waals surface area contributed by atoms with Crippen LogP contribution in [0, 0.1) is 0 Å². The molecule has 0 bridgehead atoms. The number of unbranched alkanes of at least 4 members (excludes halogenated alkanes) is 3. The van der Waals surface area contributed by atoms with E-state index in [2.05, 4.69) is 4.74 Å². The second-order valence-corrected chi connectivity index (χ2v) is 3.99. The first-order valence-electron chi connectivity index (χ1n) is 5.92. The molecule has 0 atom stereocenters. The molecule has 0 aliphatic rings. The number of halogens is 1. The molecule has 0 amide bonds. The van der Waals surface area contributed by atoms with Gasteiger partial charge in [0, 0.05) is 0 Å². The van der Waals surface area contributed by atoms with Crippen LogP contribution >= 0.6 is 0 Å². The van der Waals surface area contributed by atoms with Crippen molar-refractivity contribution in [2.24, 2.45) is 0 Å². The molecular formula is C13H17FO4. The highest BCUT2D eigenvalue weighted by molar-refractivity contribution is 5.63. The molecule has 1 aromatic carbocycles. The second kappa shape index (κ2) is 7.53. The molecule has 0 spiro atoms. The van der Waals surface area contributed by atoms with Gasteiger partial charge in [-0.3, -0.25) is 4.39 Å². The summed E-state index contributed by atoms with van der Waals surface area (Å²) < 4.78 is 16.3. The molecule has 0 fully saturated rings. The van der Waals surface area contributed by atoms with Gasteiger partial charge in [0.05, 0.1) is 6.67 Å². The number of aromatic hydroxyl groups is 1. The van der Waals surface area contributed by atoms with Gasteiger partial charge in [0.25, 0.3) is 0 Å². The predicted octanol–water partition coefficient (Wildman–Crippen LogP) is 3.52. The van der Waals surface area contributed by atoms with E-state index in [1.807, 2.05) is 0 Å². The van der Waals surface area contributed by atoms with Crippen LogP contribution in [0.3, 0.4) is 0 Å². The number of aryl methyl sites for hydroxylation is 1. The maximum absolute atomic E-state index is 11.9. The van der Waals surface area contributed by atoms with Crippen molar-refractivity contribution in [2.45, 2.75) is 32.1 Å². The molecule has 0 aliphatic carbocycles. The summed E-state index contributed by atoms with van der Waals surface area (Å²) in [6, 6.07) is 4.75. The van der Waals surface area contributed by atoms with E-state index in [9.17, 15) is 14.3 Å². The summed E-state index contributed by atoms with van der Waals surface area (Å²) in [5.74, 6) is -0.186. The normalized spacial score (nSPS) is 10.3. The average molecular weight is 256 g/mol. The van der Waals surface area contributed by atoms with Crippen molar-refractivity contribution in [1.82, 2.24) is 0 Å². The van der Waals surface area contributed by atoms with Crippen molar-refractivity contribution in [2.75, 3.05) is 6.67 Å². The van der Waals surface area contributed by atoms with Gasteiger partial charge in [-0.2, -0.15) is 0 Å². The fourth-order valence-corrected chi connectivity index (χ4v) is 1.71. The zero-order chi connectivity index (χ0) is 13.4. The van der Waals surface area contributed by atoms with Crippen LogP contribution in [-0.4, -0.2) is 23.0 Å². The first-order valence-corrected chi connectivity index (χ1v) is 5.92. The smallest absolute Gasteiger partial charge is 0.504 e. The molecule has 0 heterocycles. The molecular weight excluding hydrogens is 239 g/mol. The SMILES string of the molecule is O=C(O)Oc1cccc(CCCCCCF)c1O. The van der Waals surface area contributed by atoms with E-state index in [4.69, 9.17) is 5.11 Å². The first-order chi connectivity index (χ1) is 8.65. The molecule has 1 rings (SSSR count). The van der Waals surface area contributed by atoms with E-state index < -0.39 is 6.16 Å². The van der Waals surface area contributed by atoms with Crippen molar-refractivity contribution in [3.63, 3.8) is 0 Å². The minimum atomic E-state index is -1.45. The van der Waals surface area contributed by atoms with Gasteiger partial charge in [0.1, 0.15) is 0 Å². The minimum absolute atomic E-state index is 0.0521. The van der Waals surface area contributed by atoms with Gasteiger partial charge in [-0.1, -0.05) is 25.0 Å². The van der Waals surface area contributed by atoms with Crippen LogP contribution in [0.1, 0.15) is 31.2 Å². The number of alkyl halides is 1. The number of para-hydroxylation sites is 1. The fourth-order valence-electron chi connectivity index (χ4n) is 1.71. The third-order valence-corrected chi connectivity index (χ3v) is 2.61. The van der Waals surface area contributed by atoms with Crippen LogP contribution in [0.4, 0.5) is 9.18 Å². The number of carbonyl (C=O) groups is 1. The Balaban J connectivity index is 2.52. The summed E-state index contributed by atoms with van der Waals surface area (Å²) in [6.07, 6.45) is 2.26. The summed E-state index contributed by atoms with van der Waals surface area (Å²) in [4.78, 5) is 10.4. The van der Waals surface area contributed by atoms with Crippen LogP contribution in [0.15, 0.2) is 18.2 Å². The number of phenolic OH excluding ortho intramolecular Hbond substituents is 1. The van der Waals surface area contributed by atoms with E-state index in [1.54, 1.807) is 12.1 Å². The molecule has 0 radical (unpaired) electrons.